The van der Waals surface area contributed by atoms with Gasteiger partial charge in [-0.1, -0.05) is 29.8 Å². The summed E-state index contributed by atoms with van der Waals surface area (Å²) in [4.78, 5) is 12.3. The lowest BCUT2D eigenvalue weighted by molar-refractivity contribution is 0.0949. The summed E-state index contributed by atoms with van der Waals surface area (Å²) < 4.78 is 29.7. The zero-order valence-corrected chi connectivity index (χ0v) is 17.0. The Hall–Kier alpha value is -2.69. The molecule has 0 fully saturated rings. The van der Waals surface area contributed by atoms with E-state index in [2.05, 4.69) is 20.2 Å². The summed E-state index contributed by atoms with van der Waals surface area (Å²) in [5.41, 5.74) is 0.448. The van der Waals surface area contributed by atoms with Crippen molar-refractivity contribution in [3.63, 3.8) is 0 Å². The number of H-pyrrole nitrogens is 1. The molecule has 11 heteroatoms. The summed E-state index contributed by atoms with van der Waals surface area (Å²) in [5, 5.41) is 9.58. The number of benzene rings is 2. The Morgan fingerprint density at radius 1 is 1.25 bits per heavy atom. The molecular weight excluding hydrogens is 422 g/mol. The van der Waals surface area contributed by atoms with Crippen LogP contribution in [0.4, 0.5) is 5.69 Å². The summed E-state index contributed by atoms with van der Waals surface area (Å²) in [5.74, 6) is 0.103. The number of aromatic nitrogens is 3. The molecular formula is C17H16ClN5O3S2. The van der Waals surface area contributed by atoms with E-state index in [1.807, 2.05) is 0 Å². The average Bonchev–Trinajstić information content (AvgIpc) is 3.00. The molecule has 1 amide bonds. The maximum Gasteiger partial charge on any atom is 0.261 e. The summed E-state index contributed by atoms with van der Waals surface area (Å²) in [6.45, 7) is 0.136. The summed E-state index contributed by atoms with van der Waals surface area (Å²) in [6, 6.07) is 12.2. The predicted molar refractivity (Wildman–Crippen MR) is 108 cm³/mol. The fourth-order valence-electron chi connectivity index (χ4n) is 2.35. The van der Waals surface area contributed by atoms with Crippen LogP contribution in [0.1, 0.15) is 16.2 Å². The van der Waals surface area contributed by atoms with Crippen LogP contribution in [0.15, 0.2) is 53.4 Å². The van der Waals surface area contributed by atoms with Crippen molar-refractivity contribution in [2.75, 3.05) is 4.72 Å². The third-order valence-electron chi connectivity index (χ3n) is 3.90. The topological polar surface area (TPSA) is 109 Å². The lowest BCUT2D eigenvalue weighted by atomic mass is 10.2. The zero-order valence-electron chi connectivity index (χ0n) is 14.6. The van der Waals surface area contributed by atoms with E-state index in [1.165, 1.54) is 24.3 Å². The third kappa shape index (κ3) is 4.41. The highest BCUT2D eigenvalue weighted by Crippen LogP contribution is 2.24. The number of aromatic amines is 1. The molecule has 0 saturated carbocycles. The first-order valence-electron chi connectivity index (χ1n) is 8.04. The first-order chi connectivity index (χ1) is 13.3. The van der Waals surface area contributed by atoms with E-state index >= 15 is 0 Å². The molecule has 1 aromatic heterocycles. The van der Waals surface area contributed by atoms with Crippen molar-refractivity contribution in [3.8, 4) is 0 Å². The van der Waals surface area contributed by atoms with Crippen LogP contribution in [0, 0.1) is 4.77 Å². The van der Waals surface area contributed by atoms with Gasteiger partial charge in [0.1, 0.15) is 0 Å². The molecule has 0 saturated heterocycles. The lowest BCUT2D eigenvalue weighted by Gasteiger charge is -2.11. The second-order valence-corrected chi connectivity index (χ2v) is 8.28. The normalized spacial score (nSPS) is 11.2. The number of amides is 1. The molecule has 0 atom stereocenters. The van der Waals surface area contributed by atoms with Gasteiger partial charge in [-0.05, 0) is 42.5 Å². The van der Waals surface area contributed by atoms with E-state index in [0.29, 0.717) is 10.6 Å². The molecule has 0 unspecified atom stereocenters. The van der Waals surface area contributed by atoms with Crippen molar-refractivity contribution in [2.24, 2.45) is 7.05 Å². The first-order valence-corrected chi connectivity index (χ1v) is 10.3. The van der Waals surface area contributed by atoms with Crippen LogP contribution in [0.3, 0.4) is 0 Å². The van der Waals surface area contributed by atoms with Gasteiger partial charge in [0.15, 0.2) is 10.6 Å². The molecule has 0 aliphatic rings. The third-order valence-corrected chi connectivity index (χ3v) is 5.96. The number of hydrogen-bond acceptors (Lipinski definition) is 5. The second-order valence-electron chi connectivity index (χ2n) is 5.80. The average molecular weight is 438 g/mol. The Morgan fingerprint density at radius 2 is 2.00 bits per heavy atom. The monoisotopic (exact) mass is 437 g/mol. The molecule has 28 heavy (non-hydrogen) atoms. The van der Waals surface area contributed by atoms with Crippen LogP contribution < -0.4 is 10.0 Å². The molecule has 0 aliphatic carbocycles. The fraction of sp³-hybridized carbons (Fsp3) is 0.118. The number of para-hydroxylation sites is 1. The second kappa shape index (κ2) is 8.13. The maximum absolute atomic E-state index is 12.6. The molecule has 3 N–H and O–H groups in total. The highest BCUT2D eigenvalue weighted by atomic mass is 35.5. The largest absolute Gasteiger partial charge is 0.345 e. The highest BCUT2D eigenvalue weighted by molar-refractivity contribution is 7.92. The minimum absolute atomic E-state index is 0.0572. The number of sulfonamides is 1. The molecule has 0 bridgehead atoms. The molecule has 3 rings (SSSR count). The van der Waals surface area contributed by atoms with Gasteiger partial charge in [-0.25, -0.2) is 8.42 Å². The molecule has 2 aromatic carbocycles. The minimum Gasteiger partial charge on any atom is -0.345 e. The number of hydrogen-bond donors (Lipinski definition) is 3. The van der Waals surface area contributed by atoms with Gasteiger partial charge >= 0.3 is 0 Å². The van der Waals surface area contributed by atoms with Gasteiger partial charge in [0.05, 0.1) is 22.2 Å². The van der Waals surface area contributed by atoms with Crippen molar-refractivity contribution in [3.05, 3.63) is 69.7 Å². The number of carbonyl (C=O) groups excluding carboxylic acids is 1. The van der Waals surface area contributed by atoms with Crippen LogP contribution in [-0.4, -0.2) is 29.1 Å². The van der Waals surface area contributed by atoms with E-state index in [0.717, 1.165) is 0 Å². The van der Waals surface area contributed by atoms with Crippen molar-refractivity contribution in [2.45, 2.75) is 11.4 Å². The molecule has 146 valence electrons. The van der Waals surface area contributed by atoms with E-state index < -0.39 is 15.9 Å². The van der Waals surface area contributed by atoms with Crippen LogP contribution in [0.2, 0.25) is 5.02 Å². The van der Waals surface area contributed by atoms with E-state index in [9.17, 15) is 13.2 Å². The number of carbonyl (C=O) groups is 1. The van der Waals surface area contributed by atoms with Crippen molar-refractivity contribution in [1.82, 2.24) is 20.1 Å². The standard InChI is InChI=1S/C17H16ClN5O3S2/c1-23-15(20-21-17(23)27)10-19-16(24)11-5-4-6-12(9-11)28(25,26)22-14-8-3-2-7-13(14)18/h2-9,22H,10H2,1H3,(H,19,24)(H,21,27). The maximum atomic E-state index is 12.6. The van der Waals surface area contributed by atoms with Gasteiger partial charge in [-0.2, -0.15) is 5.10 Å². The molecule has 3 aromatic rings. The van der Waals surface area contributed by atoms with Gasteiger partial charge in [0.2, 0.25) is 0 Å². The smallest absolute Gasteiger partial charge is 0.261 e. The van der Waals surface area contributed by atoms with Crippen LogP contribution >= 0.6 is 23.8 Å². The lowest BCUT2D eigenvalue weighted by Crippen LogP contribution is -2.25. The van der Waals surface area contributed by atoms with Gasteiger partial charge in [0, 0.05) is 12.6 Å². The summed E-state index contributed by atoms with van der Waals surface area (Å²) >= 11 is 11.0. The zero-order chi connectivity index (χ0) is 20.3. The van der Waals surface area contributed by atoms with Crippen LogP contribution in [0.25, 0.3) is 0 Å². The predicted octanol–water partition coefficient (Wildman–Crippen LogP) is 2.86. The van der Waals surface area contributed by atoms with Gasteiger partial charge in [-0.3, -0.25) is 14.6 Å². The Labute approximate surface area is 171 Å². The van der Waals surface area contributed by atoms with Crippen molar-refractivity contribution < 1.29 is 13.2 Å². The molecule has 0 radical (unpaired) electrons. The SMILES string of the molecule is Cn1c(CNC(=O)c2cccc(S(=O)(=O)Nc3ccccc3Cl)c2)n[nH]c1=S. The quantitative estimate of drug-likeness (QED) is 0.514. The fourth-order valence-corrected chi connectivity index (χ4v) is 3.87. The molecule has 8 nitrogen and oxygen atoms in total. The first kappa shape index (κ1) is 20.1. The van der Waals surface area contributed by atoms with E-state index in [-0.39, 0.29) is 27.7 Å². The minimum atomic E-state index is -3.91. The van der Waals surface area contributed by atoms with Gasteiger partial charge in [-0.15, -0.1) is 0 Å². The summed E-state index contributed by atoms with van der Waals surface area (Å²) in [6.07, 6.45) is 0. The number of anilines is 1. The number of rotatable bonds is 6. The van der Waals surface area contributed by atoms with Gasteiger partial charge in [0.25, 0.3) is 15.9 Å². The van der Waals surface area contributed by atoms with Gasteiger partial charge < -0.3 is 9.88 Å². The summed E-state index contributed by atoms with van der Waals surface area (Å²) in [7, 11) is -2.19. The molecule has 0 spiro atoms. The number of nitrogens with one attached hydrogen (secondary N) is 3. The van der Waals surface area contributed by atoms with Crippen molar-refractivity contribution >= 4 is 45.4 Å². The van der Waals surface area contributed by atoms with Crippen molar-refractivity contribution in [1.29, 1.82) is 0 Å². The Morgan fingerprint density at radius 3 is 2.68 bits per heavy atom. The Balaban J connectivity index is 1.77. The number of nitrogens with zero attached hydrogens (tertiary/aromatic N) is 2. The van der Waals surface area contributed by atoms with Crippen LogP contribution in [-0.2, 0) is 23.6 Å². The molecule has 1 heterocycles. The number of halogens is 1. The van der Waals surface area contributed by atoms with E-state index in [1.54, 1.807) is 35.9 Å². The van der Waals surface area contributed by atoms with E-state index in [4.69, 9.17) is 23.8 Å². The highest BCUT2D eigenvalue weighted by Gasteiger charge is 2.18. The molecule has 0 aliphatic heterocycles. The Kier molecular flexibility index (Phi) is 5.82. The van der Waals surface area contributed by atoms with Crippen LogP contribution in [0.5, 0.6) is 0 Å². The Bertz CT molecular complexity index is 1190.